The molecule has 2 aliphatic rings. The molecule has 1 aliphatic carbocycles. The Morgan fingerprint density at radius 3 is 3.27 bits per heavy atom. The predicted molar refractivity (Wildman–Crippen MR) is 47.1 cm³/mol. The van der Waals surface area contributed by atoms with Crippen molar-refractivity contribution in [3.8, 4) is 0 Å². The van der Waals surface area contributed by atoms with Gasteiger partial charge in [0.1, 0.15) is 0 Å². The highest BCUT2D eigenvalue weighted by molar-refractivity contribution is 5.50. The Morgan fingerprint density at radius 1 is 1.45 bits per heavy atom. The Kier molecular flexibility index (Phi) is 1.42. The molecule has 1 heterocycles. The SMILES string of the molecule is C=C1C=C2C=CNCC2=CC1. The molecule has 0 unspecified atom stereocenters. The molecule has 0 saturated carbocycles. The van der Waals surface area contributed by atoms with Crippen LogP contribution in [-0.2, 0) is 0 Å². The molecular weight excluding hydrogens is 134 g/mol. The standard InChI is InChI=1S/C10H11N/c1-8-2-3-10-7-11-5-4-9(10)6-8/h3-6,11H,1-2,7H2. The molecule has 1 nitrogen and oxygen atoms in total. The molecule has 0 amide bonds. The third-order valence-electron chi connectivity index (χ3n) is 2.01. The molecule has 0 bridgehead atoms. The van der Waals surface area contributed by atoms with Crippen LogP contribution < -0.4 is 5.32 Å². The molecule has 1 N–H and O–H groups in total. The van der Waals surface area contributed by atoms with Crippen molar-refractivity contribution >= 4 is 0 Å². The van der Waals surface area contributed by atoms with E-state index in [-0.39, 0.29) is 0 Å². The minimum absolute atomic E-state index is 0.968. The first-order valence-electron chi connectivity index (χ1n) is 3.85. The van der Waals surface area contributed by atoms with Crippen molar-refractivity contribution in [2.75, 3.05) is 6.54 Å². The molecule has 56 valence electrons. The summed E-state index contributed by atoms with van der Waals surface area (Å²) in [7, 11) is 0. The van der Waals surface area contributed by atoms with E-state index in [1.54, 1.807) is 0 Å². The van der Waals surface area contributed by atoms with Gasteiger partial charge in [-0.25, -0.2) is 0 Å². The van der Waals surface area contributed by atoms with Gasteiger partial charge in [-0.3, -0.25) is 0 Å². The Hall–Kier alpha value is -1.24. The van der Waals surface area contributed by atoms with Gasteiger partial charge in [0.25, 0.3) is 0 Å². The van der Waals surface area contributed by atoms with E-state index < -0.39 is 0 Å². The van der Waals surface area contributed by atoms with Gasteiger partial charge in [0.2, 0.25) is 0 Å². The minimum Gasteiger partial charge on any atom is -0.387 e. The molecule has 1 heteroatoms. The van der Waals surface area contributed by atoms with Crippen LogP contribution in [0.5, 0.6) is 0 Å². The molecule has 0 aromatic heterocycles. The summed E-state index contributed by atoms with van der Waals surface area (Å²) in [4.78, 5) is 0. The number of hydrogen-bond acceptors (Lipinski definition) is 1. The molecule has 0 saturated heterocycles. The zero-order chi connectivity index (χ0) is 7.68. The Morgan fingerprint density at radius 2 is 2.36 bits per heavy atom. The molecular formula is C10H11N. The van der Waals surface area contributed by atoms with E-state index in [4.69, 9.17) is 0 Å². The van der Waals surface area contributed by atoms with Gasteiger partial charge in [-0.15, -0.1) is 0 Å². The van der Waals surface area contributed by atoms with E-state index >= 15 is 0 Å². The highest BCUT2D eigenvalue weighted by atomic mass is 14.8. The van der Waals surface area contributed by atoms with Crippen LogP contribution >= 0.6 is 0 Å². The van der Waals surface area contributed by atoms with Gasteiger partial charge in [-0.2, -0.15) is 0 Å². The van der Waals surface area contributed by atoms with Crippen LogP contribution in [0.2, 0.25) is 0 Å². The maximum absolute atomic E-state index is 3.93. The maximum Gasteiger partial charge on any atom is 0.0398 e. The first-order valence-corrected chi connectivity index (χ1v) is 3.85. The van der Waals surface area contributed by atoms with Crippen LogP contribution in [0.15, 0.2) is 47.7 Å². The average molecular weight is 145 g/mol. The van der Waals surface area contributed by atoms with Crippen molar-refractivity contribution in [1.82, 2.24) is 5.32 Å². The first kappa shape index (κ1) is 6.47. The van der Waals surface area contributed by atoms with E-state index in [2.05, 4.69) is 30.1 Å². The van der Waals surface area contributed by atoms with Crippen molar-refractivity contribution < 1.29 is 0 Å². The molecule has 0 atom stereocenters. The fourth-order valence-corrected chi connectivity index (χ4v) is 1.39. The monoisotopic (exact) mass is 145 g/mol. The van der Waals surface area contributed by atoms with Gasteiger partial charge in [-0.1, -0.05) is 24.3 Å². The lowest BCUT2D eigenvalue weighted by Gasteiger charge is -2.18. The molecule has 0 spiro atoms. The van der Waals surface area contributed by atoms with Gasteiger partial charge >= 0.3 is 0 Å². The van der Waals surface area contributed by atoms with Crippen LogP contribution in [0.4, 0.5) is 0 Å². The zero-order valence-corrected chi connectivity index (χ0v) is 6.43. The molecule has 2 rings (SSSR count). The topological polar surface area (TPSA) is 12.0 Å². The summed E-state index contributed by atoms with van der Waals surface area (Å²) >= 11 is 0. The lowest BCUT2D eigenvalue weighted by Crippen LogP contribution is -2.16. The fraction of sp³-hybridized carbons (Fsp3) is 0.200. The molecule has 0 fully saturated rings. The lowest BCUT2D eigenvalue weighted by molar-refractivity contribution is 0.908. The highest BCUT2D eigenvalue weighted by Crippen LogP contribution is 2.23. The van der Waals surface area contributed by atoms with E-state index in [1.807, 2.05) is 6.20 Å². The van der Waals surface area contributed by atoms with Gasteiger partial charge in [0.05, 0.1) is 0 Å². The van der Waals surface area contributed by atoms with Crippen LogP contribution in [0.25, 0.3) is 0 Å². The van der Waals surface area contributed by atoms with E-state index in [0.29, 0.717) is 0 Å². The minimum atomic E-state index is 0.968. The van der Waals surface area contributed by atoms with E-state index in [1.165, 1.54) is 16.7 Å². The summed E-state index contributed by atoms with van der Waals surface area (Å²) in [5.74, 6) is 0. The average Bonchev–Trinajstić information content (AvgIpc) is 2.04. The number of nitrogens with one attached hydrogen (secondary N) is 1. The second-order valence-electron chi connectivity index (χ2n) is 2.91. The quantitative estimate of drug-likeness (QED) is 0.549. The van der Waals surface area contributed by atoms with Gasteiger partial charge in [0.15, 0.2) is 0 Å². The Labute approximate surface area is 66.8 Å². The van der Waals surface area contributed by atoms with Crippen LogP contribution in [0, 0.1) is 0 Å². The molecule has 0 radical (unpaired) electrons. The van der Waals surface area contributed by atoms with Crippen LogP contribution in [0.1, 0.15) is 6.42 Å². The molecule has 11 heavy (non-hydrogen) atoms. The van der Waals surface area contributed by atoms with Crippen molar-refractivity contribution in [2.24, 2.45) is 0 Å². The fourth-order valence-electron chi connectivity index (χ4n) is 1.39. The van der Waals surface area contributed by atoms with Crippen molar-refractivity contribution in [2.45, 2.75) is 6.42 Å². The van der Waals surface area contributed by atoms with E-state index in [9.17, 15) is 0 Å². The summed E-state index contributed by atoms with van der Waals surface area (Å²) < 4.78 is 0. The number of fused-ring (bicyclic) bond motifs is 1. The van der Waals surface area contributed by atoms with Gasteiger partial charge in [0, 0.05) is 6.54 Å². The van der Waals surface area contributed by atoms with Crippen LogP contribution in [0.3, 0.4) is 0 Å². The normalized spacial score (nSPS) is 21.6. The van der Waals surface area contributed by atoms with Crippen LogP contribution in [-0.4, -0.2) is 6.54 Å². The number of allylic oxidation sites excluding steroid dienone is 4. The van der Waals surface area contributed by atoms with Crippen molar-refractivity contribution in [3.05, 3.63) is 47.7 Å². The lowest BCUT2D eigenvalue weighted by atomic mass is 9.94. The van der Waals surface area contributed by atoms with Crippen molar-refractivity contribution in [1.29, 1.82) is 0 Å². The Balaban J connectivity index is 2.38. The highest BCUT2D eigenvalue weighted by Gasteiger charge is 2.09. The summed E-state index contributed by atoms with van der Waals surface area (Å²) in [6.45, 7) is 4.90. The van der Waals surface area contributed by atoms with Crippen molar-refractivity contribution in [3.63, 3.8) is 0 Å². The van der Waals surface area contributed by atoms with Gasteiger partial charge < -0.3 is 5.32 Å². The Bertz CT molecular complexity index is 279. The summed E-state index contributed by atoms with van der Waals surface area (Å²) in [5.41, 5.74) is 3.93. The third-order valence-corrected chi connectivity index (χ3v) is 2.01. The van der Waals surface area contributed by atoms with E-state index in [0.717, 1.165) is 13.0 Å². The third kappa shape index (κ3) is 1.14. The largest absolute Gasteiger partial charge is 0.387 e. The molecule has 1 aliphatic heterocycles. The second kappa shape index (κ2) is 2.42. The maximum atomic E-state index is 3.93. The molecule has 0 aromatic rings. The zero-order valence-electron chi connectivity index (χ0n) is 6.43. The number of hydrogen-bond donors (Lipinski definition) is 1. The summed E-state index contributed by atoms with van der Waals surface area (Å²) in [5, 5.41) is 3.18. The second-order valence-corrected chi connectivity index (χ2v) is 2.91. The molecule has 0 aromatic carbocycles. The van der Waals surface area contributed by atoms with Gasteiger partial charge in [-0.05, 0) is 29.8 Å². The summed E-state index contributed by atoms with van der Waals surface area (Å²) in [6, 6.07) is 0. The predicted octanol–water partition coefficient (Wildman–Crippen LogP) is 1.92. The number of rotatable bonds is 0. The summed E-state index contributed by atoms with van der Waals surface area (Å²) in [6.07, 6.45) is 9.50. The first-order chi connectivity index (χ1) is 5.36. The smallest absolute Gasteiger partial charge is 0.0398 e.